The maximum atomic E-state index is 12.2. The van der Waals surface area contributed by atoms with Crippen LogP contribution >= 0.6 is 0 Å². The van der Waals surface area contributed by atoms with Crippen LogP contribution in [0.15, 0.2) is 0 Å². The summed E-state index contributed by atoms with van der Waals surface area (Å²) in [6, 6.07) is -1.04. The number of aliphatic carboxylic acids is 1. The van der Waals surface area contributed by atoms with Crippen LogP contribution in [-0.2, 0) is 19.1 Å². The maximum Gasteiger partial charge on any atom is 0.326 e. The van der Waals surface area contributed by atoms with Gasteiger partial charge in [0.25, 0.3) is 0 Å². The van der Waals surface area contributed by atoms with Crippen molar-refractivity contribution in [2.45, 2.75) is 52.0 Å². The van der Waals surface area contributed by atoms with Crippen molar-refractivity contribution in [2.24, 2.45) is 11.3 Å². The van der Waals surface area contributed by atoms with E-state index in [4.69, 9.17) is 5.11 Å². The van der Waals surface area contributed by atoms with Gasteiger partial charge in [-0.05, 0) is 24.7 Å². The van der Waals surface area contributed by atoms with Crippen LogP contribution in [0.25, 0.3) is 0 Å². The zero-order valence-corrected chi connectivity index (χ0v) is 12.3. The molecule has 0 aromatic rings. The summed E-state index contributed by atoms with van der Waals surface area (Å²) in [7, 11) is 1.25. The molecule has 0 aromatic carbocycles. The first-order valence-electron chi connectivity index (χ1n) is 6.88. The second-order valence-electron chi connectivity index (χ2n) is 5.95. The molecule has 114 valence electrons. The SMILES string of the molecule is COC(=O)CCC(NC(=O)C1CCCC1(C)C)C(=O)O. The number of ether oxygens (including phenoxy) is 1. The number of carbonyl (C=O) groups is 3. The molecule has 0 aromatic heterocycles. The number of rotatable bonds is 6. The molecular formula is C14H23NO5. The number of carboxylic acid groups (broad SMARTS) is 1. The van der Waals surface area contributed by atoms with Gasteiger partial charge in [0, 0.05) is 12.3 Å². The van der Waals surface area contributed by atoms with E-state index in [1.165, 1.54) is 7.11 Å². The van der Waals surface area contributed by atoms with Crippen LogP contribution in [0.1, 0.15) is 46.0 Å². The normalized spacial score (nSPS) is 22.1. The molecule has 0 saturated heterocycles. The van der Waals surface area contributed by atoms with Crippen LogP contribution in [0, 0.1) is 11.3 Å². The van der Waals surface area contributed by atoms with Gasteiger partial charge in [0.15, 0.2) is 0 Å². The van der Waals surface area contributed by atoms with E-state index in [1.807, 2.05) is 13.8 Å². The van der Waals surface area contributed by atoms with Gasteiger partial charge in [-0.3, -0.25) is 9.59 Å². The lowest BCUT2D eigenvalue weighted by Crippen LogP contribution is -2.45. The van der Waals surface area contributed by atoms with Crippen molar-refractivity contribution in [3.63, 3.8) is 0 Å². The van der Waals surface area contributed by atoms with Crippen molar-refractivity contribution in [2.75, 3.05) is 7.11 Å². The third-order valence-electron chi connectivity index (χ3n) is 4.05. The first-order chi connectivity index (χ1) is 9.27. The highest BCUT2D eigenvalue weighted by Gasteiger charge is 2.40. The summed E-state index contributed by atoms with van der Waals surface area (Å²) in [5, 5.41) is 11.7. The van der Waals surface area contributed by atoms with E-state index in [9.17, 15) is 14.4 Å². The number of methoxy groups -OCH3 is 1. The van der Waals surface area contributed by atoms with E-state index >= 15 is 0 Å². The first-order valence-corrected chi connectivity index (χ1v) is 6.88. The molecule has 0 aliphatic heterocycles. The van der Waals surface area contributed by atoms with Crippen molar-refractivity contribution in [3.05, 3.63) is 0 Å². The molecule has 1 aliphatic rings. The number of carbonyl (C=O) groups excluding carboxylic acids is 2. The molecule has 1 rings (SSSR count). The Morgan fingerprint density at radius 2 is 2.05 bits per heavy atom. The molecule has 6 nitrogen and oxygen atoms in total. The number of hydrogen-bond acceptors (Lipinski definition) is 4. The maximum absolute atomic E-state index is 12.2. The van der Waals surface area contributed by atoms with Crippen molar-refractivity contribution >= 4 is 17.8 Å². The summed E-state index contributed by atoms with van der Waals surface area (Å²) < 4.78 is 4.47. The van der Waals surface area contributed by atoms with Crippen molar-refractivity contribution in [3.8, 4) is 0 Å². The molecule has 0 bridgehead atoms. The third-order valence-corrected chi connectivity index (χ3v) is 4.05. The smallest absolute Gasteiger partial charge is 0.326 e. The minimum Gasteiger partial charge on any atom is -0.480 e. The summed E-state index contributed by atoms with van der Waals surface area (Å²) in [4.78, 5) is 34.4. The number of esters is 1. The number of hydrogen-bond donors (Lipinski definition) is 2. The number of nitrogens with one attached hydrogen (secondary N) is 1. The van der Waals surface area contributed by atoms with Gasteiger partial charge in [0.2, 0.25) is 5.91 Å². The lowest BCUT2D eigenvalue weighted by atomic mass is 9.81. The Balaban J connectivity index is 2.59. The molecule has 1 aliphatic carbocycles. The van der Waals surface area contributed by atoms with E-state index in [2.05, 4.69) is 10.1 Å². The Labute approximate surface area is 118 Å². The summed E-state index contributed by atoms with van der Waals surface area (Å²) >= 11 is 0. The molecule has 0 spiro atoms. The summed E-state index contributed by atoms with van der Waals surface area (Å²) in [6.07, 6.45) is 2.74. The fourth-order valence-corrected chi connectivity index (χ4v) is 2.71. The fourth-order valence-electron chi connectivity index (χ4n) is 2.71. The molecule has 2 unspecified atom stereocenters. The highest BCUT2D eigenvalue weighted by molar-refractivity contribution is 5.86. The zero-order valence-electron chi connectivity index (χ0n) is 12.3. The fraction of sp³-hybridized carbons (Fsp3) is 0.786. The largest absolute Gasteiger partial charge is 0.480 e. The average Bonchev–Trinajstić information content (AvgIpc) is 2.73. The molecule has 2 N–H and O–H groups in total. The second kappa shape index (κ2) is 6.72. The molecule has 20 heavy (non-hydrogen) atoms. The summed E-state index contributed by atoms with van der Waals surface area (Å²) in [5.74, 6) is -2.00. The van der Waals surface area contributed by atoms with Crippen LogP contribution in [0.2, 0.25) is 0 Å². The Kier molecular flexibility index (Phi) is 5.53. The Hall–Kier alpha value is -1.59. The summed E-state index contributed by atoms with van der Waals surface area (Å²) in [6.45, 7) is 4.04. The van der Waals surface area contributed by atoms with Gasteiger partial charge in [-0.2, -0.15) is 0 Å². The highest BCUT2D eigenvalue weighted by Crippen LogP contribution is 2.42. The van der Waals surface area contributed by atoms with Crippen molar-refractivity contribution in [1.82, 2.24) is 5.32 Å². The Morgan fingerprint density at radius 3 is 2.50 bits per heavy atom. The van der Waals surface area contributed by atoms with Gasteiger partial charge in [-0.1, -0.05) is 20.3 Å². The Morgan fingerprint density at radius 1 is 1.40 bits per heavy atom. The van der Waals surface area contributed by atoms with Crippen molar-refractivity contribution in [1.29, 1.82) is 0 Å². The molecule has 2 atom stereocenters. The predicted octanol–water partition coefficient (Wildman–Crippen LogP) is 1.34. The quantitative estimate of drug-likeness (QED) is 0.718. The number of carboxylic acids is 1. The molecule has 1 fully saturated rings. The van der Waals surface area contributed by atoms with Crippen LogP contribution < -0.4 is 5.32 Å². The van der Waals surface area contributed by atoms with Gasteiger partial charge in [0.1, 0.15) is 6.04 Å². The minimum absolute atomic E-state index is 0.0260. The van der Waals surface area contributed by atoms with E-state index < -0.39 is 18.0 Å². The zero-order chi connectivity index (χ0) is 15.3. The van der Waals surface area contributed by atoms with Gasteiger partial charge in [0.05, 0.1) is 7.11 Å². The standard InChI is InChI=1S/C14H23NO5/c1-14(2)8-4-5-9(14)12(17)15-10(13(18)19)6-7-11(16)20-3/h9-10H,4-8H2,1-3H3,(H,15,17)(H,18,19). The third kappa shape index (κ3) is 4.21. The average molecular weight is 285 g/mol. The van der Waals surface area contributed by atoms with E-state index in [-0.39, 0.29) is 30.1 Å². The molecule has 6 heteroatoms. The summed E-state index contributed by atoms with van der Waals surface area (Å²) in [5.41, 5.74) is -0.102. The molecule has 1 saturated carbocycles. The van der Waals surface area contributed by atoms with E-state index in [0.717, 1.165) is 19.3 Å². The molecule has 0 heterocycles. The van der Waals surface area contributed by atoms with Gasteiger partial charge in [-0.15, -0.1) is 0 Å². The first kappa shape index (κ1) is 16.5. The number of amides is 1. The molecular weight excluding hydrogens is 262 g/mol. The van der Waals surface area contributed by atoms with Crippen LogP contribution in [0.3, 0.4) is 0 Å². The van der Waals surface area contributed by atoms with Gasteiger partial charge in [-0.25, -0.2) is 4.79 Å². The van der Waals surface area contributed by atoms with Gasteiger partial charge >= 0.3 is 11.9 Å². The van der Waals surface area contributed by atoms with Crippen LogP contribution in [-0.4, -0.2) is 36.1 Å². The highest BCUT2D eigenvalue weighted by atomic mass is 16.5. The second-order valence-corrected chi connectivity index (χ2v) is 5.95. The van der Waals surface area contributed by atoms with Gasteiger partial charge < -0.3 is 15.2 Å². The van der Waals surface area contributed by atoms with Crippen LogP contribution in [0.5, 0.6) is 0 Å². The Bertz CT molecular complexity index is 391. The van der Waals surface area contributed by atoms with Crippen molar-refractivity contribution < 1.29 is 24.2 Å². The molecule has 1 amide bonds. The van der Waals surface area contributed by atoms with E-state index in [1.54, 1.807) is 0 Å². The lowest BCUT2D eigenvalue weighted by molar-refractivity contribution is -0.145. The molecule has 0 radical (unpaired) electrons. The predicted molar refractivity (Wildman–Crippen MR) is 71.9 cm³/mol. The monoisotopic (exact) mass is 285 g/mol. The van der Waals surface area contributed by atoms with E-state index in [0.29, 0.717) is 0 Å². The minimum atomic E-state index is -1.13. The van der Waals surface area contributed by atoms with Crippen LogP contribution in [0.4, 0.5) is 0 Å². The topological polar surface area (TPSA) is 92.7 Å². The lowest BCUT2D eigenvalue weighted by Gasteiger charge is -2.27.